The summed E-state index contributed by atoms with van der Waals surface area (Å²) in [4.78, 5) is 5.52. The van der Waals surface area contributed by atoms with Gasteiger partial charge in [0.2, 0.25) is 5.13 Å². The van der Waals surface area contributed by atoms with Crippen LogP contribution in [0.25, 0.3) is 10.9 Å². The van der Waals surface area contributed by atoms with Gasteiger partial charge in [-0.15, -0.1) is 10.2 Å². The van der Waals surface area contributed by atoms with Crippen LogP contribution in [-0.4, -0.2) is 28.3 Å². The van der Waals surface area contributed by atoms with E-state index in [4.69, 9.17) is 4.74 Å². The number of hydrogen-bond donors (Lipinski definition) is 1. The molecule has 0 radical (unpaired) electrons. The summed E-state index contributed by atoms with van der Waals surface area (Å²) in [6, 6.07) is 19.9. The Bertz CT molecular complexity index is 986. The van der Waals surface area contributed by atoms with Crippen LogP contribution >= 0.6 is 23.1 Å². The molecule has 2 aromatic carbocycles. The Morgan fingerprint density at radius 1 is 0.962 bits per heavy atom. The molecule has 0 aliphatic rings. The van der Waals surface area contributed by atoms with Crippen molar-refractivity contribution < 1.29 is 4.74 Å². The second-order valence-corrected chi connectivity index (χ2v) is 7.66. The van der Waals surface area contributed by atoms with Gasteiger partial charge >= 0.3 is 0 Å². The molecule has 26 heavy (non-hydrogen) atoms. The van der Waals surface area contributed by atoms with Gasteiger partial charge in [-0.25, -0.2) is 0 Å². The largest absolute Gasteiger partial charge is 0.492 e. The van der Waals surface area contributed by atoms with E-state index in [0.717, 1.165) is 31.0 Å². The van der Waals surface area contributed by atoms with Gasteiger partial charge in [-0.2, -0.15) is 0 Å². The van der Waals surface area contributed by atoms with E-state index in [1.165, 1.54) is 11.3 Å². The number of nitrogens with zero attached hydrogens (tertiary/aromatic N) is 3. The lowest BCUT2D eigenvalue weighted by Gasteiger charge is -2.05. The van der Waals surface area contributed by atoms with Gasteiger partial charge in [-0.1, -0.05) is 59.5 Å². The fourth-order valence-electron chi connectivity index (χ4n) is 2.42. The van der Waals surface area contributed by atoms with Crippen LogP contribution in [-0.2, 0) is 0 Å². The van der Waals surface area contributed by atoms with E-state index in [-0.39, 0.29) is 0 Å². The molecule has 0 unspecified atom stereocenters. The number of aromatic nitrogens is 3. The van der Waals surface area contributed by atoms with E-state index in [2.05, 4.69) is 26.6 Å². The number of para-hydroxylation sites is 2. The number of hydrogen-bond acceptors (Lipinski definition) is 7. The summed E-state index contributed by atoms with van der Waals surface area (Å²) in [7, 11) is 0. The van der Waals surface area contributed by atoms with Gasteiger partial charge in [0.15, 0.2) is 4.34 Å². The van der Waals surface area contributed by atoms with E-state index in [1.807, 2.05) is 60.8 Å². The zero-order valence-electron chi connectivity index (χ0n) is 13.8. The summed E-state index contributed by atoms with van der Waals surface area (Å²) in [5.74, 6) is 0.868. The predicted molar refractivity (Wildman–Crippen MR) is 106 cm³/mol. The average molecular weight is 380 g/mol. The van der Waals surface area contributed by atoms with E-state index >= 15 is 0 Å². The summed E-state index contributed by atoms with van der Waals surface area (Å²) >= 11 is 3.14. The molecule has 0 atom stereocenters. The molecule has 0 saturated carbocycles. The Balaban J connectivity index is 1.34. The lowest BCUT2D eigenvalue weighted by atomic mass is 10.2. The first-order chi connectivity index (χ1) is 12.9. The van der Waals surface area contributed by atoms with Crippen molar-refractivity contribution in [1.29, 1.82) is 0 Å². The molecule has 4 rings (SSSR count). The third kappa shape index (κ3) is 4.12. The molecule has 0 fully saturated rings. The normalized spacial score (nSPS) is 10.8. The Morgan fingerprint density at radius 3 is 2.73 bits per heavy atom. The van der Waals surface area contributed by atoms with Crippen molar-refractivity contribution in [3.8, 4) is 5.75 Å². The van der Waals surface area contributed by atoms with Crippen LogP contribution in [0.3, 0.4) is 0 Å². The third-order valence-electron chi connectivity index (χ3n) is 3.60. The highest BCUT2D eigenvalue weighted by Gasteiger charge is 2.08. The summed E-state index contributed by atoms with van der Waals surface area (Å²) in [5.41, 5.74) is 0.985. The first-order valence-corrected chi connectivity index (χ1v) is 9.78. The van der Waals surface area contributed by atoms with Gasteiger partial charge in [0.05, 0.1) is 12.1 Å². The second kappa shape index (κ2) is 8.16. The van der Waals surface area contributed by atoms with Crippen molar-refractivity contribution in [3.63, 3.8) is 0 Å². The van der Waals surface area contributed by atoms with Gasteiger partial charge in [0.1, 0.15) is 12.4 Å². The molecule has 0 spiro atoms. The summed E-state index contributed by atoms with van der Waals surface area (Å²) in [5, 5.41) is 13.6. The molecule has 2 aromatic heterocycles. The molecule has 0 saturated heterocycles. The average Bonchev–Trinajstić information content (AvgIpc) is 3.14. The minimum atomic E-state index is 0.570. The van der Waals surface area contributed by atoms with Gasteiger partial charge in [-0.05, 0) is 24.3 Å². The predicted octanol–water partition coefficient (Wildman–Crippen LogP) is 4.73. The number of ether oxygens (including phenoxy) is 1. The topological polar surface area (TPSA) is 59.9 Å². The van der Waals surface area contributed by atoms with Crippen molar-refractivity contribution >= 4 is 39.1 Å². The summed E-state index contributed by atoms with van der Waals surface area (Å²) in [6.07, 6.45) is 1.83. The minimum absolute atomic E-state index is 0.570. The van der Waals surface area contributed by atoms with Crippen LogP contribution in [0.5, 0.6) is 5.75 Å². The smallest absolute Gasteiger partial charge is 0.206 e. The SMILES string of the molecule is c1ccc(OCCNc2nnc(Sc3ccnc4ccccc34)s2)cc1. The molecule has 0 aliphatic heterocycles. The van der Waals surface area contributed by atoms with Crippen LogP contribution < -0.4 is 10.1 Å². The molecular weight excluding hydrogens is 364 g/mol. The highest BCUT2D eigenvalue weighted by molar-refractivity contribution is 8.01. The molecule has 0 bridgehead atoms. The first kappa shape index (κ1) is 16.8. The van der Waals surface area contributed by atoms with Gasteiger partial charge < -0.3 is 10.1 Å². The van der Waals surface area contributed by atoms with Gasteiger partial charge in [0.25, 0.3) is 0 Å². The minimum Gasteiger partial charge on any atom is -0.492 e. The van der Waals surface area contributed by atoms with Gasteiger partial charge in [0, 0.05) is 16.5 Å². The first-order valence-electron chi connectivity index (χ1n) is 8.15. The monoisotopic (exact) mass is 380 g/mol. The fraction of sp³-hybridized carbons (Fsp3) is 0.105. The molecule has 2 heterocycles. The fourth-order valence-corrected chi connectivity index (χ4v) is 4.28. The Kier molecular flexibility index (Phi) is 5.27. The Morgan fingerprint density at radius 2 is 1.81 bits per heavy atom. The highest BCUT2D eigenvalue weighted by atomic mass is 32.2. The Hall–Kier alpha value is -2.64. The standard InChI is InChI=1S/C19H16N4OS2/c1-2-6-14(7-3-1)24-13-12-21-18-22-23-19(26-18)25-17-10-11-20-16-9-5-4-8-15(16)17/h1-11H,12-13H2,(H,21,22). The van der Waals surface area contributed by atoms with Crippen molar-refractivity contribution in [2.24, 2.45) is 0 Å². The number of rotatable bonds is 7. The highest BCUT2D eigenvalue weighted by Crippen LogP contribution is 2.35. The number of nitrogens with one attached hydrogen (secondary N) is 1. The maximum Gasteiger partial charge on any atom is 0.206 e. The molecule has 7 heteroatoms. The number of pyridine rings is 1. The molecule has 130 valence electrons. The van der Waals surface area contributed by atoms with Crippen LogP contribution in [0.1, 0.15) is 0 Å². The van der Waals surface area contributed by atoms with Crippen LogP contribution in [0.4, 0.5) is 5.13 Å². The van der Waals surface area contributed by atoms with Gasteiger partial charge in [-0.3, -0.25) is 4.98 Å². The van der Waals surface area contributed by atoms with Crippen molar-refractivity contribution in [2.45, 2.75) is 9.24 Å². The summed E-state index contributed by atoms with van der Waals surface area (Å²) < 4.78 is 6.56. The van der Waals surface area contributed by atoms with Crippen molar-refractivity contribution in [3.05, 3.63) is 66.9 Å². The maximum absolute atomic E-state index is 5.66. The van der Waals surface area contributed by atoms with E-state index in [0.29, 0.717) is 13.2 Å². The van der Waals surface area contributed by atoms with Crippen LogP contribution in [0.2, 0.25) is 0 Å². The zero-order valence-corrected chi connectivity index (χ0v) is 15.5. The van der Waals surface area contributed by atoms with Crippen LogP contribution in [0, 0.1) is 0 Å². The van der Waals surface area contributed by atoms with Crippen LogP contribution in [0.15, 0.2) is 76.1 Å². The van der Waals surface area contributed by atoms with E-state index in [1.54, 1.807) is 11.8 Å². The molecule has 4 aromatic rings. The lowest BCUT2D eigenvalue weighted by molar-refractivity contribution is 0.333. The number of anilines is 1. The third-order valence-corrected chi connectivity index (χ3v) is 5.61. The number of fused-ring (bicyclic) bond motifs is 1. The number of benzene rings is 2. The van der Waals surface area contributed by atoms with E-state index in [9.17, 15) is 0 Å². The second-order valence-electron chi connectivity index (χ2n) is 5.39. The quantitative estimate of drug-likeness (QED) is 0.468. The molecule has 5 nitrogen and oxygen atoms in total. The molecule has 0 aliphatic carbocycles. The molecular formula is C19H16N4OS2. The molecule has 1 N–H and O–H groups in total. The lowest BCUT2D eigenvalue weighted by Crippen LogP contribution is -2.11. The van der Waals surface area contributed by atoms with Crippen molar-refractivity contribution in [1.82, 2.24) is 15.2 Å². The van der Waals surface area contributed by atoms with E-state index < -0.39 is 0 Å². The Labute approximate surface area is 159 Å². The molecule has 0 amide bonds. The maximum atomic E-state index is 5.66. The van der Waals surface area contributed by atoms with Crippen molar-refractivity contribution in [2.75, 3.05) is 18.5 Å². The summed E-state index contributed by atoms with van der Waals surface area (Å²) in [6.45, 7) is 1.24. The zero-order chi connectivity index (χ0) is 17.6.